The van der Waals surface area contributed by atoms with Crippen molar-refractivity contribution in [2.45, 2.75) is 19.4 Å². The number of carbonyl (C=O) groups is 1. The number of rotatable bonds is 4. The molecule has 30 heavy (non-hydrogen) atoms. The zero-order chi connectivity index (χ0) is 21.3. The number of benzene rings is 2. The maximum Gasteiger partial charge on any atom is 0.274 e. The number of likely N-dealkylation sites (tertiary alicyclic amines) is 1. The number of hydrogen-bond donors (Lipinski definition) is 0. The third kappa shape index (κ3) is 3.85. The molecular formula is C24H25N5O. The Kier molecular flexibility index (Phi) is 5.39. The molecular weight excluding hydrogens is 374 g/mol. The molecule has 0 saturated carbocycles. The number of nitriles is 1. The summed E-state index contributed by atoms with van der Waals surface area (Å²) in [7, 11) is 4.10. The molecule has 0 spiro atoms. The van der Waals surface area contributed by atoms with Gasteiger partial charge in [-0.05, 0) is 57.8 Å². The Morgan fingerprint density at radius 1 is 1.13 bits per heavy atom. The monoisotopic (exact) mass is 399 g/mol. The molecule has 0 N–H and O–H groups in total. The second kappa shape index (κ2) is 8.13. The van der Waals surface area contributed by atoms with Crippen LogP contribution in [0.25, 0.3) is 16.9 Å². The SMILES string of the molecule is Cc1ccc(-n2nc(C(=O)N3CCC(N(C)C)C3)cc2-c2ccc(C#N)cc2)cc1. The average molecular weight is 399 g/mol. The van der Waals surface area contributed by atoms with Crippen LogP contribution in [0, 0.1) is 18.3 Å². The van der Waals surface area contributed by atoms with Gasteiger partial charge in [-0.1, -0.05) is 29.8 Å². The maximum atomic E-state index is 13.2. The van der Waals surface area contributed by atoms with Crippen LogP contribution in [-0.2, 0) is 0 Å². The summed E-state index contributed by atoms with van der Waals surface area (Å²) in [5.41, 5.74) is 4.84. The first-order valence-electron chi connectivity index (χ1n) is 10.1. The molecule has 1 atom stereocenters. The fourth-order valence-electron chi connectivity index (χ4n) is 3.80. The normalized spacial score (nSPS) is 16.1. The lowest BCUT2D eigenvalue weighted by atomic mass is 10.1. The first-order chi connectivity index (χ1) is 14.5. The molecule has 1 unspecified atom stereocenters. The van der Waals surface area contributed by atoms with E-state index in [-0.39, 0.29) is 5.91 Å². The molecule has 6 nitrogen and oxygen atoms in total. The minimum absolute atomic E-state index is 0.0416. The largest absolute Gasteiger partial charge is 0.336 e. The number of carbonyl (C=O) groups excluding carboxylic acids is 1. The minimum Gasteiger partial charge on any atom is -0.336 e. The number of likely N-dealkylation sites (N-methyl/N-ethyl adjacent to an activating group) is 1. The van der Waals surface area contributed by atoms with E-state index in [4.69, 9.17) is 10.4 Å². The summed E-state index contributed by atoms with van der Waals surface area (Å²) in [5.74, 6) is -0.0416. The van der Waals surface area contributed by atoms with Crippen molar-refractivity contribution < 1.29 is 4.79 Å². The molecule has 6 heteroatoms. The highest BCUT2D eigenvalue weighted by atomic mass is 16.2. The number of hydrogen-bond acceptors (Lipinski definition) is 4. The third-order valence-electron chi connectivity index (χ3n) is 5.70. The van der Waals surface area contributed by atoms with Crippen molar-refractivity contribution >= 4 is 5.91 Å². The molecule has 4 rings (SSSR count). The van der Waals surface area contributed by atoms with E-state index in [1.54, 1.807) is 12.1 Å². The fourth-order valence-corrected chi connectivity index (χ4v) is 3.80. The summed E-state index contributed by atoms with van der Waals surface area (Å²) < 4.78 is 1.81. The molecule has 3 aromatic rings. The second-order valence-corrected chi connectivity index (χ2v) is 8.01. The molecule has 2 heterocycles. The Hall–Kier alpha value is -3.43. The van der Waals surface area contributed by atoms with Crippen molar-refractivity contribution in [2.75, 3.05) is 27.2 Å². The van der Waals surface area contributed by atoms with Gasteiger partial charge >= 0.3 is 0 Å². The van der Waals surface area contributed by atoms with Crippen LogP contribution < -0.4 is 0 Å². The van der Waals surface area contributed by atoms with Gasteiger partial charge in [0.25, 0.3) is 5.91 Å². The number of amides is 1. The summed E-state index contributed by atoms with van der Waals surface area (Å²) in [6, 6.07) is 19.8. The predicted molar refractivity (Wildman–Crippen MR) is 116 cm³/mol. The minimum atomic E-state index is -0.0416. The van der Waals surface area contributed by atoms with E-state index in [0.29, 0.717) is 17.3 Å². The fraction of sp³-hybridized carbons (Fsp3) is 0.292. The molecule has 1 saturated heterocycles. The van der Waals surface area contributed by atoms with Gasteiger partial charge in [0.1, 0.15) is 0 Å². The van der Waals surface area contributed by atoms with Crippen molar-refractivity contribution in [1.82, 2.24) is 19.6 Å². The van der Waals surface area contributed by atoms with Gasteiger partial charge in [-0.25, -0.2) is 4.68 Å². The van der Waals surface area contributed by atoms with Crippen LogP contribution >= 0.6 is 0 Å². The summed E-state index contributed by atoms with van der Waals surface area (Å²) in [6.07, 6.45) is 0.972. The van der Waals surface area contributed by atoms with Crippen molar-refractivity contribution in [3.8, 4) is 23.0 Å². The zero-order valence-electron chi connectivity index (χ0n) is 17.5. The van der Waals surface area contributed by atoms with Crippen LogP contribution in [0.2, 0.25) is 0 Å². The molecule has 0 aliphatic carbocycles. The van der Waals surface area contributed by atoms with Crippen molar-refractivity contribution in [3.63, 3.8) is 0 Å². The number of aryl methyl sites for hydroxylation is 1. The average Bonchev–Trinajstić information content (AvgIpc) is 3.42. The van der Waals surface area contributed by atoms with Gasteiger partial charge in [0.05, 0.1) is 23.0 Å². The van der Waals surface area contributed by atoms with E-state index in [9.17, 15) is 4.79 Å². The molecule has 2 aromatic carbocycles. The molecule has 1 aliphatic heterocycles. The van der Waals surface area contributed by atoms with Gasteiger partial charge in [-0.3, -0.25) is 4.79 Å². The zero-order valence-corrected chi connectivity index (χ0v) is 17.5. The molecule has 1 aliphatic rings. The van der Waals surface area contributed by atoms with Crippen molar-refractivity contribution in [1.29, 1.82) is 5.26 Å². The van der Waals surface area contributed by atoms with Crippen LogP contribution in [0.15, 0.2) is 54.6 Å². The summed E-state index contributed by atoms with van der Waals surface area (Å²) in [4.78, 5) is 17.2. The lowest BCUT2D eigenvalue weighted by Gasteiger charge is -2.19. The Balaban J connectivity index is 1.73. The molecule has 1 fully saturated rings. The van der Waals surface area contributed by atoms with Crippen LogP contribution in [0.1, 0.15) is 28.0 Å². The quantitative estimate of drug-likeness (QED) is 0.674. The van der Waals surface area contributed by atoms with Crippen molar-refractivity contribution in [3.05, 3.63) is 71.4 Å². The molecule has 1 amide bonds. The topological polar surface area (TPSA) is 65.2 Å². The lowest BCUT2D eigenvalue weighted by Crippen LogP contribution is -2.34. The number of nitrogens with zero attached hydrogens (tertiary/aromatic N) is 5. The first-order valence-corrected chi connectivity index (χ1v) is 10.1. The molecule has 1 aromatic heterocycles. The maximum absolute atomic E-state index is 13.2. The highest BCUT2D eigenvalue weighted by Crippen LogP contribution is 2.26. The van der Waals surface area contributed by atoms with Crippen molar-refractivity contribution in [2.24, 2.45) is 0 Å². The standard InChI is InChI=1S/C24H25N5O/c1-17-4-10-20(11-5-17)29-23(19-8-6-18(15-25)7-9-19)14-22(26-29)24(30)28-13-12-21(16-28)27(2)3/h4-11,14,21H,12-13,16H2,1-3H3. The van der Waals surface area contributed by atoms with Gasteiger partial charge in [0.2, 0.25) is 0 Å². The van der Waals surface area contributed by atoms with E-state index >= 15 is 0 Å². The number of aromatic nitrogens is 2. The Morgan fingerprint density at radius 3 is 2.43 bits per heavy atom. The van der Waals surface area contributed by atoms with Crippen LogP contribution in [0.3, 0.4) is 0 Å². The van der Waals surface area contributed by atoms with E-state index in [1.807, 2.05) is 73.1 Å². The highest BCUT2D eigenvalue weighted by Gasteiger charge is 2.30. The molecule has 152 valence electrons. The lowest BCUT2D eigenvalue weighted by molar-refractivity contribution is 0.0777. The highest BCUT2D eigenvalue weighted by molar-refractivity contribution is 5.94. The van der Waals surface area contributed by atoms with Gasteiger partial charge in [-0.15, -0.1) is 0 Å². The molecule has 0 bridgehead atoms. The Morgan fingerprint density at radius 2 is 1.83 bits per heavy atom. The van der Waals surface area contributed by atoms with Crippen LogP contribution in [0.5, 0.6) is 0 Å². The van der Waals surface area contributed by atoms with Gasteiger partial charge in [-0.2, -0.15) is 10.4 Å². The van der Waals surface area contributed by atoms with Gasteiger partial charge in [0.15, 0.2) is 5.69 Å². The summed E-state index contributed by atoms with van der Waals surface area (Å²) >= 11 is 0. The summed E-state index contributed by atoms with van der Waals surface area (Å²) in [6.45, 7) is 3.50. The van der Waals surface area contributed by atoms with E-state index < -0.39 is 0 Å². The molecule has 0 radical (unpaired) electrons. The van der Waals surface area contributed by atoms with E-state index in [2.05, 4.69) is 11.0 Å². The van der Waals surface area contributed by atoms with Crippen LogP contribution in [-0.4, -0.2) is 58.7 Å². The van der Waals surface area contributed by atoms with Gasteiger partial charge in [0, 0.05) is 24.7 Å². The first kappa shape index (κ1) is 19.9. The predicted octanol–water partition coefficient (Wildman–Crippen LogP) is 3.50. The Bertz CT molecular complexity index is 1090. The Labute approximate surface area is 177 Å². The summed E-state index contributed by atoms with van der Waals surface area (Å²) in [5, 5.41) is 13.8. The van der Waals surface area contributed by atoms with Gasteiger partial charge < -0.3 is 9.80 Å². The van der Waals surface area contributed by atoms with Crippen LogP contribution in [0.4, 0.5) is 0 Å². The van der Waals surface area contributed by atoms with E-state index in [0.717, 1.165) is 42.0 Å². The third-order valence-corrected chi connectivity index (χ3v) is 5.70. The second-order valence-electron chi connectivity index (χ2n) is 8.01. The smallest absolute Gasteiger partial charge is 0.274 e. The van der Waals surface area contributed by atoms with E-state index in [1.165, 1.54) is 0 Å².